The van der Waals surface area contributed by atoms with Crippen molar-refractivity contribution in [2.24, 2.45) is 0 Å². The van der Waals surface area contributed by atoms with Crippen LogP contribution in [0.1, 0.15) is 40.2 Å². The highest BCUT2D eigenvalue weighted by Crippen LogP contribution is 2.37. The standard InChI is InChI=1S/C16H17FN2O/c1-10-8-18-9-15(10)16(20)19-14-6-12(7-14)11-2-4-13(17)5-3-11/h2-5,8-9,12,14,18H,6-7H2,1H3,(H,19,20). The van der Waals surface area contributed by atoms with Crippen LogP contribution in [0.3, 0.4) is 0 Å². The quantitative estimate of drug-likeness (QED) is 0.885. The number of hydrogen-bond donors (Lipinski definition) is 2. The Bertz CT molecular complexity index is 612. The van der Waals surface area contributed by atoms with Crippen LogP contribution in [0.2, 0.25) is 0 Å². The molecule has 2 N–H and O–H groups in total. The van der Waals surface area contributed by atoms with E-state index in [0.717, 1.165) is 24.0 Å². The van der Waals surface area contributed by atoms with Crippen molar-refractivity contribution < 1.29 is 9.18 Å². The van der Waals surface area contributed by atoms with Crippen molar-refractivity contribution in [3.63, 3.8) is 0 Å². The second-order valence-electron chi connectivity index (χ2n) is 5.44. The number of benzene rings is 1. The third-order valence-corrected chi connectivity index (χ3v) is 4.01. The van der Waals surface area contributed by atoms with Crippen molar-refractivity contribution in [2.45, 2.75) is 31.7 Å². The summed E-state index contributed by atoms with van der Waals surface area (Å²) in [6, 6.07) is 6.85. The fourth-order valence-electron chi connectivity index (χ4n) is 2.69. The lowest BCUT2D eigenvalue weighted by Crippen LogP contribution is -2.43. The molecule has 20 heavy (non-hydrogen) atoms. The lowest BCUT2D eigenvalue weighted by molar-refractivity contribution is 0.0908. The van der Waals surface area contributed by atoms with E-state index in [1.54, 1.807) is 6.20 Å². The first-order chi connectivity index (χ1) is 9.63. The summed E-state index contributed by atoms with van der Waals surface area (Å²) in [6.45, 7) is 1.91. The smallest absolute Gasteiger partial charge is 0.253 e. The number of carbonyl (C=O) groups is 1. The Labute approximate surface area is 117 Å². The van der Waals surface area contributed by atoms with E-state index in [2.05, 4.69) is 10.3 Å². The summed E-state index contributed by atoms with van der Waals surface area (Å²) in [5, 5.41) is 3.04. The van der Waals surface area contributed by atoms with Crippen molar-refractivity contribution in [3.8, 4) is 0 Å². The molecule has 0 unspecified atom stereocenters. The van der Waals surface area contributed by atoms with Crippen molar-refractivity contribution >= 4 is 5.91 Å². The van der Waals surface area contributed by atoms with Crippen molar-refractivity contribution in [1.29, 1.82) is 0 Å². The fraction of sp³-hybridized carbons (Fsp3) is 0.312. The highest BCUT2D eigenvalue weighted by molar-refractivity contribution is 5.95. The Morgan fingerprint density at radius 2 is 1.95 bits per heavy atom. The summed E-state index contributed by atoms with van der Waals surface area (Å²) >= 11 is 0. The van der Waals surface area contributed by atoms with E-state index in [9.17, 15) is 9.18 Å². The molecule has 1 aliphatic rings. The van der Waals surface area contributed by atoms with E-state index in [0.29, 0.717) is 11.5 Å². The maximum absolute atomic E-state index is 12.9. The monoisotopic (exact) mass is 272 g/mol. The normalized spacial score (nSPS) is 21.3. The average molecular weight is 272 g/mol. The summed E-state index contributed by atoms with van der Waals surface area (Å²) in [5.74, 6) is 0.195. The molecule has 2 aromatic rings. The first-order valence-corrected chi connectivity index (χ1v) is 6.83. The topological polar surface area (TPSA) is 44.9 Å². The average Bonchev–Trinajstić information content (AvgIpc) is 2.81. The third-order valence-electron chi connectivity index (χ3n) is 4.01. The number of nitrogens with one attached hydrogen (secondary N) is 2. The summed E-state index contributed by atoms with van der Waals surface area (Å²) in [7, 11) is 0. The van der Waals surface area contributed by atoms with Gasteiger partial charge < -0.3 is 10.3 Å². The van der Waals surface area contributed by atoms with E-state index >= 15 is 0 Å². The SMILES string of the molecule is Cc1c[nH]cc1C(=O)NC1CC(c2ccc(F)cc2)C1. The minimum absolute atomic E-state index is 0.0219. The molecule has 4 heteroatoms. The Hall–Kier alpha value is -2.10. The van der Waals surface area contributed by atoms with Gasteiger partial charge in [-0.1, -0.05) is 12.1 Å². The molecule has 0 spiro atoms. The summed E-state index contributed by atoms with van der Waals surface area (Å²) in [4.78, 5) is 15.0. The van der Waals surface area contributed by atoms with Crippen LogP contribution in [-0.4, -0.2) is 16.9 Å². The number of rotatable bonds is 3. The van der Waals surface area contributed by atoms with Gasteiger partial charge in [0.25, 0.3) is 5.91 Å². The van der Waals surface area contributed by atoms with Crippen LogP contribution in [0.15, 0.2) is 36.7 Å². The molecule has 1 aromatic heterocycles. The lowest BCUT2D eigenvalue weighted by Gasteiger charge is -2.36. The first kappa shape index (κ1) is 12.9. The number of aromatic amines is 1. The number of amides is 1. The van der Waals surface area contributed by atoms with E-state index in [1.165, 1.54) is 12.1 Å². The zero-order chi connectivity index (χ0) is 14.1. The van der Waals surface area contributed by atoms with Crippen molar-refractivity contribution in [1.82, 2.24) is 10.3 Å². The maximum Gasteiger partial charge on any atom is 0.253 e. The summed E-state index contributed by atoms with van der Waals surface area (Å²) < 4.78 is 12.9. The van der Waals surface area contributed by atoms with E-state index in [4.69, 9.17) is 0 Å². The van der Waals surface area contributed by atoms with Gasteiger partial charge in [-0.05, 0) is 48.9 Å². The summed E-state index contributed by atoms with van der Waals surface area (Å²) in [5.41, 5.74) is 2.81. The maximum atomic E-state index is 12.9. The van der Waals surface area contributed by atoms with Crippen molar-refractivity contribution in [3.05, 3.63) is 59.2 Å². The molecule has 0 radical (unpaired) electrons. The highest BCUT2D eigenvalue weighted by Gasteiger charge is 2.31. The number of H-pyrrole nitrogens is 1. The molecule has 1 amide bonds. The van der Waals surface area contributed by atoms with Crippen LogP contribution in [0, 0.1) is 12.7 Å². The van der Waals surface area contributed by atoms with Gasteiger partial charge in [-0.25, -0.2) is 4.39 Å². The molecular formula is C16H17FN2O. The van der Waals surface area contributed by atoms with E-state index in [-0.39, 0.29) is 17.8 Å². The molecule has 1 aliphatic carbocycles. The highest BCUT2D eigenvalue weighted by atomic mass is 19.1. The van der Waals surface area contributed by atoms with Crippen molar-refractivity contribution in [2.75, 3.05) is 0 Å². The third kappa shape index (κ3) is 2.46. The summed E-state index contributed by atoms with van der Waals surface area (Å²) in [6.07, 6.45) is 5.37. The van der Waals surface area contributed by atoms with Gasteiger partial charge >= 0.3 is 0 Å². The molecule has 0 atom stereocenters. The van der Waals surface area contributed by atoms with Crippen LogP contribution >= 0.6 is 0 Å². The number of aryl methyl sites for hydroxylation is 1. The van der Waals surface area contributed by atoms with Gasteiger partial charge in [0.15, 0.2) is 0 Å². The molecule has 1 heterocycles. The minimum Gasteiger partial charge on any atom is -0.367 e. The molecular weight excluding hydrogens is 255 g/mol. The molecule has 0 aliphatic heterocycles. The molecule has 3 nitrogen and oxygen atoms in total. The Morgan fingerprint density at radius 3 is 2.55 bits per heavy atom. The predicted octanol–water partition coefficient (Wildman–Crippen LogP) is 3.14. The van der Waals surface area contributed by atoms with Gasteiger partial charge in [0, 0.05) is 18.4 Å². The van der Waals surface area contributed by atoms with Crippen LogP contribution in [0.25, 0.3) is 0 Å². The molecule has 1 fully saturated rings. The second kappa shape index (κ2) is 5.12. The first-order valence-electron chi connectivity index (χ1n) is 6.83. The van der Waals surface area contributed by atoms with Gasteiger partial charge in [0.2, 0.25) is 0 Å². The predicted molar refractivity (Wildman–Crippen MR) is 75.2 cm³/mol. The molecule has 0 bridgehead atoms. The number of halogens is 1. The zero-order valence-electron chi connectivity index (χ0n) is 11.3. The van der Waals surface area contributed by atoms with Gasteiger partial charge in [0.1, 0.15) is 5.82 Å². The van der Waals surface area contributed by atoms with Gasteiger partial charge in [0.05, 0.1) is 5.56 Å². The lowest BCUT2D eigenvalue weighted by atomic mass is 9.76. The molecule has 0 saturated heterocycles. The van der Waals surface area contributed by atoms with E-state index < -0.39 is 0 Å². The van der Waals surface area contributed by atoms with E-state index in [1.807, 2.05) is 25.3 Å². The number of aromatic nitrogens is 1. The fourth-order valence-corrected chi connectivity index (χ4v) is 2.69. The molecule has 3 rings (SSSR count). The van der Waals surface area contributed by atoms with Crippen LogP contribution in [-0.2, 0) is 0 Å². The molecule has 1 saturated carbocycles. The molecule has 104 valence electrons. The Balaban J connectivity index is 1.55. The largest absolute Gasteiger partial charge is 0.367 e. The second-order valence-corrected chi connectivity index (χ2v) is 5.44. The van der Waals surface area contributed by atoms with Gasteiger partial charge in [-0.2, -0.15) is 0 Å². The minimum atomic E-state index is -0.208. The Morgan fingerprint density at radius 1 is 1.25 bits per heavy atom. The number of hydrogen-bond acceptors (Lipinski definition) is 1. The van der Waals surface area contributed by atoms with Crippen LogP contribution in [0.5, 0.6) is 0 Å². The van der Waals surface area contributed by atoms with Crippen LogP contribution < -0.4 is 5.32 Å². The Kier molecular flexibility index (Phi) is 3.30. The zero-order valence-corrected chi connectivity index (χ0v) is 11.3. The van der Waals surface area contributed by atoms with Gasteiger partial charge in [-0.15, -0.1) is 0 Å². The van der Waals surface area contributed by atoms with Gasteiger partial charge in [-0.3, -0.25) is 4.79 Å². The van der Waals surface area contributed by atoms with Crippen LogP contribution in [0.4, 0.5) is 4.39 Å². The molecule has 1 aromatic carbocycles. The number of carbonyl (C=O) groups excluding carboxylic acids is 1.